The lowest BCUT2D eigenvalue weighted by Crippen LogP contribution is -2.28. The van der Waals surface area contributed by atoms with Gasteiger partial charge in [0.2, 0.25) is 0 Å². The van der Waals surface area contributed by atoms with Gasteiger partial charge < -0.3 is 10.1 Å². The van der Waals surface area contributed by atoms with E-state index in [1.54, 1.807) is 12.5 Å². The Kier molecular flexibility index (Phi) is 4.13. The molecule has 6 heteroatoms. The largest absolute Gasteiger partial charge is 0.373 e. The van der Waals surface area contributed by atoms with Gasteiger partial charge in [0.1, 0.15) is 12.1 Å². The van der Waals surface area contributed by atoms with Crippen molar-refractivity contribution in [3.63, 3.8) is 0 Å². The number of rotatable bonds is 4. The van der Waals surface area contributed by atoms with Gasteiger partial charge in [0.15, 0.2) is 5.65 Å². The minimum absolute atomic E-state index is 0.133. The van der Waals surface area contributed by atoms with E-state index in [-0.39, 0.29) is 6.10 Å². The lowest BCUT2D eigenvalue weighted by atomic mass is 9.89. The summed E-state index contributed by atoms with van der Waals surface area (Å²) >= 11 is 0. The number of hydrogen-bond acceptors (Lipinski definition) is 5. The highest BCUT2D eigenvalue weighted by molar-refractivity contribution is 5.85. The number of nitrogens with one attached hydrogen (secondary N) is 2. The van der Waals surface area contributed by atoms with Crippen LogP contribution in [0.15, 0.2) is 36.8 Å². The zero-order valence-corrected chi connectivity index (χ0v) is 13.7. The Balaban J connectivity index is 1.51. The number of aryl methyl sites for hydroxylation is 1. The molecule has 3 aromatic rings. The predicted octanol–water partition coefficient (Wildman–Crippen LogP) is 3.24. The van der Waals surface area contributed by atoms with Gasteiger partial charge in [-0.15, -0.1) is 0 Å². The molecule has 1 aliphatic heterocycles. The lowest BCUT2D eigenvalue weighted by molar-refractivity contribution is -0.0238. The third-order valence-electron chi connectivity index (χ3n) is 4.63. The number of benzene rings is 1. The topological polar surface area (TPSA) is 75.7 Å². The SMILES string of the molecule is Cc1ccc(C2OCCCC2CNc2ncnc3[nH]ncc23)cc1. The number of anilines is 1. The van der Waals surface area contributed by atoms with Gasteiger partial charge in [-0.05, 0) is 25.3 Å². The molecule has 0 saturated carbocycles. The van der Waals surface area contributed by atoms with Crippen molar-refractivity contribution in [3.8, 4) is 0 Å². The van der Waals surface area contributed by atoms with E-state index in [9.17, 15) is 0 Å². The number of H-pyrrole nitrogens is 1. The molecule has 2 unspecified atom stereocenters. The highest BCUT2D eigenvalue weighted by Crippen LogP contribution is 2.34. The zero-order valence-electron chi connectivity index (χ0n) is 13.7. The number of nitrogens with zero attached hydrogens (tertiary/aromatic N) is 3. The molecule has 1 aromatic carbocycles. The smallest absolute Gasteiger partial charge is 0.160 e. The van der Waals surface area contributed by atoms with Gasteiger partial charge in [0.25, 0.3) is 0 Å². The van der Waals surface area contributed by atoms with Crippen LogP contribution in [0, 0.1) is 12.8 Å². The maximum absolute atomic E-state index is 6.09. The number of aromatic amines is 1. The van der Waals surface area contributed by atoms with Crippen molar-refractivity contribution < 1.29 is 4.74 Å². The summed E-state index contributed by atoms with van der Waals surface area (Å²) in [5, 5.41) is 11.3. The van der Waals surface area contributed by atoms with E-state index in [1.807, 2.05) is 0 Å². The Morgan fingerprint density at radius 1 is 1.25 bits per heavy atom. The quantitative estimate of drug-likeness (QED) is 0.771. The van der Waals surface area contributed by atoms with E-state index in [0.717, 1.165) is 42.8 Å². The van der Waals surface area contributed by atoms with E-state index < -0.39 is 0 Å². The molecule has 2 aromatic heterocycles. The van der Waals surface area contributed by atoms with Crippen LogP contribution in [0.5, 0.6) is 0 Å². The second-order valence-electron chi connectivity index (χ2n) is 6.34. The van der Waals surface area contributed by atoms with Gasteiger partial charge in [-0.2, -0.15) is 5.10 Å². The van der Waals surface area contributed by atoms with Crippen LogP contribution in [0.1, 0.15) is 30.1 Å². The monoisotopic (exact) mass is 323 g/mol. The molecule has 0 bridgehead atoms. The maximum Gasteiger partial charge on any atom is 0.160 e. The van der Waals surface area contributed by atoms with Gasteiger partial charge in [0.05, 0.1) is 17.7 Å². The number of ether oxygens (including phenoxy) is 1. The molecule has 4 rings (SSSR count). The standard InChI is InChI=1S/C18H21N5O/c1-12-4-6-13(7-5-12)16-14(3-2-8-24-16)9-19-17-15-10-22-23-18(15)21-11-20-17/h4-7,10-11,14,16H,2-3,8-9H2,1H3,(H2,19,20,21,22,23). The summed E-state index contributed by atoms with van der Waals surface area (Å²) in [4.78, 5) is 8.52. The first kappa shape index (κ1) is 15.1. The second-order valence-corrected chi connectivity index (χ2v) is 6.34. The summed E-state index contributed by atoms with van der Waals surface area (Å²) in [5.74, 6) is 1.24. The molecule has 2 N–H and O–H groups in total. The number of aromatic nitrogens is 4. The number of fused-ring (bicyclic) bond motifs is 1. The van der Waals surface area contributed by atoms with Crippen molar-refractivity contribution in [2.45, 2.75) is 25.9 Å². The van der Waals surface area contributed by atoms with Crippen molar-refractivity contribution in [2.24, 2.45) is 5.92 Å². The predicted molar refractivity (Wildman–Crippen MR) is 92.8 cm³/mol. The van der Waals surface area contributed by atoms with Gasteiger partial charge in [-0.3, -0.25) is 5.10 Å². The fraction of sp³-hybridized carbons (Fsp3) is 0.389. The average molecular weight is 323 g/mol. The van der Waals surface area contributed by atoms with E-state index in [1.165, 1.54) is 11.1 Å². The van der Waals surface area contributed by atoms with Crippen LogP contribution in [0.2, 0.25) is 0 Å². The third-order valence-corrected chi connectivity index (χ3v) is 4.63. The summed E-state index contributed by atoms with van der Waals surface area (Å²) in [6.45, 7) is 3.75. The fourth-order valence-electron chi connectivity index (χ4n) is 3.31. The molecule has 0 radical (unpaired) electrons. The summed E-state index contributed by atoms with van der Waals surface area (Å²) < 4.78 is 6.09. The summed E-state index contributed by atoms with van der Waals surface area (Å²) in [7, 11) is 0. The van der Waals surface area contributed by atoms with Crippen LogP contribution < -0.4 is 5.32 Å². The highest BCUT2D eigenvalue weighted by Gasteiger charge is 2.27. The minimum Gasteiger partial charge on any atom is -0.373 e. The lowest BCUT2D eigenvalue weighted by Gasteiger charge is -2.32. The van der Waals surface area contributed by atoms with Crippen LogP contribution in [-0.4, -0.2) is 33.3 Å². The van der Waals surface area contributed by atoms with E-state index in [0.29, 0.717) is 5.92 Å². The highest BCUT2D eigenvalue weighted by atomic mass is 16.5. The molecule has 1 fully saturated rings. The van der Waals surface area contributed by atoms with Crippen LogP contribution in [0.3, 0.4) is 0 Å². The van der Waals surface area contributed by atoms with Gasteiger partial charge >= 0.3 is 0 Å². The molecule has 0 amide bonds. The normalized spacial score (nSPS) is 21.0. The Labute approximate surface area is 140 Å². The van der Waals surface area contributed by atoms with Crippen molar-refractivity contribution in [1.29, 1.82) is 0 Å². The minimum atomic E-state index is 0.133. The van der Waals surface area contributed by atoms with Gasteiger partial charge in [-0.25, -0.2) is 9.97 Å². The second kappa shape index (κ2) is 6.57. The first-order chi connectivity index (χ1) is 11.8. The van der Waals surface area contributed by atoms with Crippen molar-refractivity contribution in [3.05, 3.63) is 47.9 Å². The molecule has 0 aliphatic carbocycles. The van der Waals surface area contributed by atoms with Crippen LogP contribution >= 0.6 is 0 Å². The van der Waals surface area contributed by atoms with Crippen molar-refractivity contribution in [2.75, 3.05) is 18.5 Å². The first-order valence-corrected chi connectivity index (χ1v) is 8.37. The van der Waals surface area contributed by atoms with Crippen LogP contribution in [0.4, 0.5) is 5.82 Å². The molecule has 1 aliphatic rings. The van der Waals surface area contributed by atoms with Crippen molar-refractivity contribution in [1.82, 2.24) is 20.2 Å². The molecule has 6 nitrogen and oxygen atoms in total. The van der Waals surface area contributed by atoms with E-state index in [4.69, 9.17) is 4.74 Å². The third kappa shape index (κ3) is 2.97. The molecule has 0 spiro atoms. The summed E-state index contributed by atoms with van der Waals surface area (Å²) in [6, 6.07) is 8.66. The van der Waals surface area contributed by atoms with E-state index >= 15 is 0 Å². The van der Waals surface area contributed by atoms with Crippen LogP contribution in [-0.2, 0) is 4.74 Å². The number of hydrogen-bond donors (Lipinski definition) is 2. The zero-order chi connectivity index (χ0) is 16.4. The first-order valence-electron chi connectivity index (χ1n) is 8.37. The molecular formula is C18H21N5O. The summed E-state index contributed by atoms with van der Waals surface area (Å²) in [6.07, 6.45) is 5.68. The maximum atomic E-state index is 6.09. The van der Waals surface area contributed by atoms with Crippen molar-refractivity contribution >= 4 is 16.9 Å². The molecular weight excluding hydrogens is 302 g/mol. The Hall–Kier alpha value is -2.47. The van der Waals surface area contributed by atoms with E-state index in [2.05, 4.69) is 56.7 Å². The van der Waals surface area contributed by atoms with Gasteiger partial charge in [0, 0.05) is 19.1 Å². The fourth-order valence-corrected chi connectivity index (χ4v) is 3.31. The Morgan fingerprint density at radius 2 is 2.12 bits per heavy atom. The average Bonchev–Trinajstić information content (AvgIpc) is 3.10. The molecule has 124 valence electrons. The Bertz CT molecular complexity index is 814. The summed E-state index contributed by atoms with van der Waals surface area (Å²) in [5.41, 5.74) is 3.28. The molecule has 24 heavy (non-hydrogen) atoms. The molecule has 2 atom stereocenters. The molecule has 3 heterocycles. The van der Waals surface area contributed by atoms with Gasteiger partial charge in [-0.1, -0.05) is 29.8 Å². The van der Waals surface area contributed by atoms with Crippen LogP contribution in [0.25, 0.3) is 11.0 Å². The Morgan fingerprint density at radius 3 is 3.00 bits per heavy atom. The molecule has 1 saturated heterocycles.